The SMILES string of the molecule is C1CC(C23CC4CC(CC(C4)C2)C3)OOO1. The van der Waals surface area contributed by atoms with Crippen LogP contribution in [-0.4, -0.2) is 12.7 Å². The molecule has 5 fully saturated rings. The Bertz CT molecular complexity index is 248. The van der Waals surface area contributed by atoms with Gasteiger partial charge < -0.3 is 0 Å². The Morgan fingerprint density at radius 3 is 2.00 bits per heavy atom. The molecule has 0 aromatic rings. The fraction of sp³-hybridized carbons (Fsp3) is 1.00. The molecule has 4 aliphatic carbocycles. The average Bonchev–Trinajstić information content (AvgIpc) is 2.28. The fourth-order valence-corrected chi connectivity index (χ4v) is 5.29. The van der Waals surface area contributed by atoms with Crippen LogP contribution in [0.1, 0.15) is 44.9 Å². The first-order chi connectivity index (χ1) is 7.84. The van der Waals surface area contributed by atoms with Crippen molar-refractivity contribution in [2.45, 2.75) is 51.0 Å². The maximum absolute atomic E-state index is 5.44. The minimum absolute atomic E-state index is 0.301. The van der Waals surface area contributed by atoms with Crippen molar-refractivity contribution in [3.63, 3.8) is 0 Å². The quantitative estimate of drug-likeness (QED) is 0.641. The van der Waals surface area contributed by atoms with Gasteiger partial charge in [-0.15, -0.1) is 0 Å². The van der Waals surface area contributed by atoms with Gasteiger partial charge in [-0.1, -0.05) is 5.04 Å². The Hall–Kier alpha value is -0.120. The van der Waals surface area contributed by atoms with Crippen LogP contribution in [0.2, 0.25) is 0 Å². The summed E-state index contributed by atoms with van der Waals surface area (Å²) in [5.74, 6) is 2.95. The minimum atomic E-state index is 0.301. The van der Waals surface area contributed by atoms with Gasteiger partial charge in [-0.3, -0.25) is 0 Å². The van der Waals surface area contributed by atoms with Crippen molar-refractivity contribution in [2.75, 3.05) is 6.61 Å². The van der Waals surface area contributed by atoms with Crippen molar-refractivity contribution in [1.29, 1.82) is 0 Å². The van der Waals surface area contributed by atoms with Crippen molar-refractivity contribution in [2.24, 2.45) is 23.2 Å². The first-order valence-electron chi connectivity index (χ1n) is 6.79. The third-order valence-electron chi connectivity index (χ3n) is 5.44. The van der Waals surface area contributed by atoms with Gasteiger partial charge in [0.25, 0.3) is 0 Å². The van der Waals surface area contributed by atoms with Crippen molar-refractivity contribution < 1.29 is 14.8 Å². The van der Waals surface area contributed by atoms with Gasteiger partial charge in [-0.2, -0.15) is 0 Å². The van der Waals surface area contributed by atoms with Gasteiger partial charge in [0, 0.05) is 11.8 Å². The lowest BCUT2D eigenvalue weighted by molar-refractivity contribution is -0.559. The molecule has 0 aromatic heterocycles. The van der Waals surface area contributed by atoms with Crippen LogP contribution in [0.5, 0.6) is 0 Å². The van der Waals surface area contributed by atoms with Gasteiger partial charge in [-0.05, 0) is 56.3 Å². The number of rotatable bonds is 1. The zero-order valence-corrected chi connectivity index (χ0v) is 9.69. The summed E-state index contributed by atoms with van der Waals surface area (Å²) in [6, 6.07) is 0. The van der Waals surface area contributed by atoms with E-state index in [2.05, 4.69) is 0 Å². The van der Waals surface area contributed by atoms with E-state index in [0.717, 1.165) is 24.2 Å². The van der Waals surface area contributed by atoms with Crippen LogP contribution in [0.15, 0.2) is 0 Å². The summed E-state index contributed by atoms with van der Waals surface area (Å²) in [6.07, 6.45) is 9.93. The number of hydrogen-bond donors (Lipinski definition) is 0. The maximum Gasteiger partial charge on any atom is 0.104 e. The van der Waals surface area contributed by atoms with Crippen LogP contribution in [0.4, 0.5) is 0 Å². The molecule has 0 spiro atoms. The third-order valence-corrected chi connectivity index (χ3v) is 5.44. The van der Waals surface area contributed by atoms with Gasteiger partial charge in [0.1, 0.15) is 6.10 Å². The molecule has 5 rings (SSSR count). The monoisotopic (exact) mass is 224 g/mol. The average molecular weight is 224 g/mol. The van der Waals surface area contributed by atoms with E-state index in [1.165, 1.54) is 38.5 Å². The van der Waals surface area contributed by atoms with Gasteiger partial charge >= 0.3 is 0 Å². The lowest BCUT2D eigenvalue weighted by Gasteiger charge is -2.59. The molecular formula is C13H20O3. The van der Waals surface area contributed by atoms with Crippen molar-refractivity contribution in [3.8, 4) is 0 Å². The Kier molecular flexibility index (Phi) is 2.12. The van der Waals surface area contributed by atoms with Crippen LogP contribution < -0.4 is 0 Å². The second kappa shape index (κ2) is 3.44. The first-order valence-corrected chi connectivity index (χ1v) is 6.79. The predicted octanol–water partition coefficient (Wildman–Crippen LogP) is 2.85. The van der Waals surface area contributed by atoms with Crippen molar-refractivity contribution in [3.05, 3.63) is 0 Å². The van der Waals surface area contributed by atoms with E-state index in [4.69, 9.17) is 14.8 Å². The normalized spacial score (nSPS) is 55.5. The topological polar surface area (TPSA) is 27.7 Å². The Balaban J connectivity index is 1.60. The molecule has 0 radical (unpaired) electrons. The summed E-state index contributed by atoms with van der Waals surface area (Å²) in [7, 11) is 0. The molecule has 90 valence electrons. The molecule has 4 bridgehead atoms. The van der Waals surface area contributed by atoms with Crippen LogP contribution in [0, 0.1) is 23.2 Å². The molecular weight excluding hydrogens is 204 g/mol. The van der Waals surface area contributed by atoms with Crippen LogP contribution >= 0.6 is 0 Å². The summed E-state index contributed by atoms with van der Waals surface area (Å²) in [6.45, 7) is 0.701. The highest BCUT2D eigenvalue weighted by molar-refractivity contribution is 5.04. The van der Waals surface area contributed by atoms with E-state index in [-0.39, 0.29) is 0 Å². The van der Waals surface area contributed by atoms with E-state index in [1.807, 2.05) is 0 Å². The van der Waals surface area contributed by atoms with Crippen molar-refractivity contribution in [1.82, 2.24) is 0 Å². The molecule has 1 heterocycles. The van der Waals surface area contributed by atoms with Gasteiger partial charge in [0.15, 0.2) is 0 Å². The predicted molar refractivity (Wildman–Crippen MR) is 57.1 cm³/mol. The van der Waals surface area contributed by atoms with Crippen LogP contribution in [0.25, 0.3) is 0 Å². The highest BCUT2D eigenvalue weighted by Crippen LogP contribution is 2.62. The fourth-order valence-electron chi connectivity index (χ4n) is 5.29. The van der Waals surface area contributed by atoms with E-state index >= 15 is 0 Å². The largest absolute Gasteiger partial charge is 0.206 e. The van der Waals surface area contributed by atoms with Crippen molar-refractivity contribution >= 4 is 0 Å². The second-order valence-electron chi connectivity index (χ2n) is 6.54. The summed E-state index contributed by atoms with van der Waals surface area (Å²) in [5, 5.41) is 4.77. The summed E-state index contributed by atoms with van der Waals surface area (Å²) >= 11 is 0. The van der Waals surface area contributed by atoms with E-state index in [9.17, 15) is 0 Å². The number of hydrogen-bond acceptors (Lipinski definition) is 3. The zero-order chi connectivity index (χ0) is 10.6. The van der Waals surface area contributed by atoms with Gasteiger partial charge in [0.05, 0.1) is 6.61 Å². The molecule has 3 nitrogen and oxygen atoms in total. The molecule has 1 atom stereocenters. The standard InChI is InChI=1S/C13H20O3/c1-2-14-16-15-12(1)13-6-9-3-10(7-13)5-11(4-9)8-13/h9-12H,1-8H2. The molecule has 3 heteroatoms. The van der Waals surface area contributed by atoms with Crippen LogP contribution in [0.3, 0.4) is 0 Å². The van der Waals surface area contributed by atoms with E-state index < -0.39 is 0 Å². The first kappa shape index (κ1) is 9.86. The molecule has 1 saturated heterocycles. The molecule has 1 aliphatic heterocycles. The highest BCUT2D eigenvalue weighted by atomic mass is 17.5. The lowest BCUT2D eigenvalue weighted by atomic mass is 9.48. The molecule has 1 unspecified atom stereocenters. The Morgan fingerprint density at radius 2 is 1.50 bits per heavy atom. The maximum atomic E-state index is 5.44. The van der Waals surface area contributed by atoms with E-state index in [0.29, 0.717) is 18.1 Å². The molecule has 0 N–H and O–H groups in total. The Morgan fingerprint density at radius 1 is 0.875 bits per heavy atom. The van der Waals surface area contributed by atoms with Gasteiger partial charge in [-0.25, -0.2) is 9.78 Å². The van der Waals surface area contributed by atoms with Crippen LogP contribution in [-0.2, 0) is 14.8 Å². The highest BCUT2D eigenvalue weighted by Gasteiger charge is 2.55. The van der Waals surface area contributed by atoms with E-state index in [1.54, 1.807) is 0 Å². The lowest BCUT2D eigenvalue weighted by Crippen LogP contribution is -2.53. The summed E-state index contributed by atoms with van der Waals surface area (Å²) in [4.78, 5) is 10.3. The smallest absolute Gasteiger partial charge is 0.104 e. The summed E-state index contributed by atoms with van der Waals surface area (Å²) < 4.78 is 0. The second-order valence-corrected chi connectivity index (χ2v) is 6.54. The minimum Gasteiger partial charge on any atom is -0.206 e. The van der Waals surface area contributed by atoms with Gasteiger partial charge in [0.2, 0.25) is 0 Å². The molecule has 4 saturated carbocycles. The molecule has 5 aliphatic rings. The zero-order valence-electron chi connectivity index (χ0n) is 9.69. The molecule has 0 aromatic carbocycles. The molecule has 0 amide bonds. The molecule has 16 heavy (non-hydrogen) atoms. The summed E-state index contributed by atoms with van der Waals surface area (Å²) in [5.41, 5.74) is 0.443. The Labute approximate surface area is 96.3 Å². The third kappa shape index (κ3) is 1.38.